The summed E-state index contributed by atoms with van der Waals surface area (Å²) in [7, 11) is -2.65. The number of hydrogen-bond donors (Lipinski definition) is 1. The third kappa shape index (κ3) is 4.18. The lowest BCUT2D eigenvalue weighted by Crippen LogP contribution is -2.12. The minimum Gasteiger partial charge on any atom is -0.322 e. The van der Waals surface area contributed by atoms with E-state index < -0.39 is 10.1 Å². The zero-order valence-corrected chi connectivity index (χ0v) is 14.1. The van der Waals surface area contributed by atoms with Crippen LogP contribution >= 0.6 is 0 Å². The normalized spacial score (nSPS) is 11.5. The average Bonchev–Trinajstić information content (AvgIpc) is 2.55. The van der Waals surface area contributed by atoms with Crippen molar-refractivity contribution in [3.05, 3.63) is 59.7 Å². The third-order valence-electron chi connectivity index (χ3n) is 3.44. The maximum atomic E-state index is 12.2. The molecule has 0 fully saturated rings. The number of carbonyl (C=O) groups is 1. The summed E-state index contributed by atoms with van der Waals surface area (Å²) in [4.78, 5) is 12.2. The Balaban J connectivity index is 2.17. The molecule has 1 amide bonds. The number of benzene rings is 2. The zero-order valence-electron chi connectivity index (χ0n) is 13.2. The van der Waals surface area contributed by atoms with E-state index in [4.69, 9.17) is 0 Å². The summed E-state index contributed by atoms with van der Waals surface area (Å²) in [6.45, 7) is 4.16. The maximum Gasteiger partial charge on any atom is 0.296 e. The predicted molar refractivity (Wildman–Crippen MR) is 89.1 cm³/mol. The molecule has 0 spiro atoms. The molecule has 1 N–H and O–H groups in total. The van der Waals surface area contributed by atoms with Gasteiger partial charge in [0, 0.05) is 11.3 Å². The summed E-state index contributed by atoms with van der Waals surface area (Å²) in [5.74, 6) is 0.0673. The van der Waals surface area contributed by atoms with Crippen LogP contribution in [0, 0.1) is 0 Å². The monoisotopic (exact) mass is 333 g/mol. The van der Waals surface area contributed by atoms with Crippen LogP contribution in [-0.2, 0) is 14.3 Å². The van der Waals surface area contributed by atoms with Gasteiger partial charge in [-0.05, 0) is 47.9 Å². The van der Waals surface area contributed by atoms with E-state index in [1.54, 1.807) is 0 Å². The Labute approximate surface area is 136 Å². The first kappa shape index (κ1) is 17.2. The highest BCUT2D eigenvalue weighted by Gasteiger charge is 2.14. The topological polar surface area (TPSA) is 72.5 Å². The van der Waals surface area contributed by atoms with E-state index in [-0.39, 0.29) is 10.8 Å². The number of carbonyl (C=O) groups excluding carboxylic acids is 1. The fourth-order valence-corrected chi connectivity index (χ4v) is 2.71. The summed E-state index contributed by atoms with van der Waals surface area (Å²) >= 11 is 0. The highest BCUT2D eigenvalue weighted by atomic mass is 32.2. The van der Waals surface area contributed by atoms with Crippen LogP contribution in [0.2, 0.25) is 0 Å². The highest BCUT2D eigenvalue weighted by Crippen LogP contribution is 2.19. The summed E-state index contributed by atoms with van der Waals surface area (Å²) in [6, 6.07) is 13.2. The number of rotatable bonds is 5. The van der Waals surface area contributed by atoms with E-state index in [9.17, 15) is 13.2 Å². The molecule has 5 nitrogen and oxygen atoms in total. The molecule has 0 saturated heterocycles. The van der Waals surface area contributed by atoms with E-state index in [0.29, 0.717) is 17.2 Å². The smallest absolute Gasteiger partial charge is 0.296 e. The predicted octanol–water partition coefficient (Wildman–Crippen LogP) is 3.40. The number of nitrogens with one attached hydrogen (secondary N) is 1. The Morgan fingerprint density at radius 1 is 1.09 bits per heavy atom. The number of hydrogen-bond acceptors (Lipinski definition) is 4. The Morgan fingerprint density at radius 2 is 1.74 bits per heavy atom. The van der Waals surface area contributed by atoms with Crippen LogP contribution in [-0.4, -0.2) is 21.4 Å². The molecule has 122 valence electrons. The van der Waals surface area contributed by atoms with Gasteiger partial charge in [0.15, 0.2) is 0 Å². The molecular weight excluding hydrogens is 314 g/mol. The first-order chi connectivity index (χ1) is 10.8. The summed E-state index contributed by atoms with van der Waals surface area (Å²) in [6.07, 6.45) is 0. The van der Waals surface area contributed by atoms with Crippen molar-refractivity contribution in [2.24, 2.45) is 0 Å². The van der Waals surface area contributed by atoms with Gasteiger partial charge in [-0.1, -0.05) is 26.0 Å². The minimum atomic E-state index is -3.75. The zero-order chi connectivity index (χ0) is 17.0. The molecule has 0 bridgehead atoms. The summed E-state index contributed by atoms with van der Waals surface area (Å²) in [5, 5.41) is 2.81. The van der Waals surface area contributed by atoms with E-state index in [0.717, 1.165) is 12.7 Å². The van der Waals surface area contributed by atoms with Crippen molar-refractivity contribution in [1.82, 2.24) is 0 Å². The molecule has 6 heteroatoms. The third-order valence-corrected chi connectivity index (χ3v) is 4.72. The Kier molecular flexibility index (Phi) is 5.18. The highest BCUT2D eigenvalue weighted by molar-refractivity contribution is 7.86. The van der Waals surface area contributed by atoms with Crippen LogP contribution in [0.5, 0.6) is 0 Å². The van der Waals surface area contributed by atoms with Crippen molar-refractivity contribution in [3.8, 4) is 0 Å². The van der Waals surface area contributed by atoms with Crippen molar-refractivity contribution >= 4 is 21.7 Å². The van der Waals surface area contributed by atoms with Crippen LogP contribution in [0.3, 0.4) is 0 Å². The van der Waals surface area contributed by atoms with Gasteiger partial charge in [0.1, 0.15) is 0 Å². The molecule has 0 heterocycles. The molecule has 0 saturated carbocycles. The molecule has 2 aromatic rings. The molecule has 23 heavy (non-hydrogen) atoms. The van der Waals surface area contributed by atoms with Gasteiger partial charge in [-0.25, -0.2) is 0 Å². The summed E-state index contributed by atoms with van der Waals surface area (Å²) in [5.41, 5.74) is 2.20. The first-order valence-electron chi connectivity index (χ1n) is 7.15. The van der Waals surface area contributed by atoms with Gasteiger partial charge in [0.05, 0.1) is 12.0 Å². The quantitative estimate of drug-likeness (QED) is 0.851. The molecule has 0 aromatic heterocycles. The Bertz CT molecular complexity index is 796. The van der Waals surface area contributed by atoms with Crippen molar-refractivity contribution in [3.63, 3.8) is 0 Å². The lowest BCUT2D eigenvalue weighted by molar-refractivity contribution is 0.102. The van der Waals surface area contributed by atoms with Gasteiger partial charge in [-0.3, -0.25) is 8.98 Å². The molecule has 0 unspecified atom stereocenters. The lowest BCUT2D eigenvalue weighted by Gasteiger charge is -2.10. The minimum absolute atomic E-state index is 0.0124. The van der Waals surface area contributed by atoms with Crippen molar-refractivity contribution in [1.29, 1.82) is 0 Å². The van der Waals surface area contributed by atoms with Crippen LogP contribution in [0.1, 0.15) is 35.7 Å². The molecule has 0 aliphatic carbocycles. The van der Waals surface area contributed by atoms with Gasteiger partial charge in [0.2, 0.25) is 0 Å². The Hall–Kier alpha value is -2.18. The largest absolute Gasteiger partial charge is 0.322 e. The van der Waals surface area contributed by atoms with Gasteiger partial charge < -0.3 is 5.32 Å². The van der Waals surface area contributed by atoms with Crippen molar-refractivity contribution in [2.75, 3.05) is 12.4 Å². The van der Waals surface area contributed by atoms with Gasteiger partial charge in [-0.15, -0.1) is 0 Å². The first-order valence-corrected chi connectivity index (χ1v) is 8.56. The SMILES string of the molecule is COS(=O)(=O)c1ccc(C(=O)Nc2cccc(C(C)C)c2)cc1. The number of amides is 1. The molecule has 2 rings (SSSR count). The van der Waals surface area contributed by atoms with E-state index >= 15 is 0 Å². The van der Waals surface area contributed by atoms with E-state index in [1.807, 2.05) is 24.3 Å². The molecule has 2 aromatic carbocycles. The second-order valence-electron chi connectivity index (χ2n) is 5.38. The van der Waals surface area contributed by atoms with Crippen LogP contribution < -0.4 is 5.32 Å². The van der Waals surface area contributed by atoms with Crippen LogP contribution in [0.25, 0.3) is 0 Å². The average molecular weight is 333 g/mol. The molecule has 0 radical (unpaired) electrons. The van der Waals surface area contributed by atoms with Gasteiger partial charge >= 0.3 is 0 Å². The molecule has 0 atom stereocenters. The van der Waals surface area contributed by atoms with Crippen LogP contribution in [0.4, 0.5) is 5.69 Å². The van der Waals surface area contributed by atoms with E-state index in [2.05, 4.69) is 23.3 Å². The summed E-state index contributed by atoms with van der Waals surface area (Å²) < 4.78 is 27.5. The Morgan fingerprint density at radius 3 is 2.30 bits per heavy atom. The van der Waals surface area contributed by atoms with Crippen LogP contribution in [0.15, 0.2) is 53.4 Å². The molecule has 0 aliphatic rings. The van der Waals surface area contributed by atoms with Gasteiger partial charge in [0.25, 0.3) is 16.0 Å². The van der Waals surface area contributed by atoms with Gasteiger partial charge in [-0.2, -0.15) is 8.42 Å². The second kappa shape index (κ2) is 6.93. The second-order valence-corrected chi connectivity index (χ2v) is 7.09. The molecule has 0 aliphatic heterocycles. The number of anilines is 1. The lowest BCUT2D eigenvalue weighted by atomic mass is 10.0. The van der Waals surface area contributed by atoms with Crippen molar-refractivity contribution in [2.45, 2.75) is 24.7 Å². The maximum absolute atomic E-state index is 12.2. The fourth-order valence-electron chi connectivity index (χ4n) is 2.05. The molecular formula is C17H19NO4S. The fraction of sp³-hybridized carbons (Fsp3) is 0.235. The van der Waals surface area contributed by atoms with Crippen molar-refractivity contribution < 1.29 is 17.4 Å². The standard InChI is InChI=1S/C17H19NO4S/c1-12(2)14-5-4-6-15(11-14)18-17(19)13-7-9-16(10-8-13)23(20,21)22-3/h4-12H,1-3H3,(H,18,19). The van der Waals surface area contributed by atoms with E-state index in [1.165, 1.54) is 24.3 Å².